The molecule has 0 amide bonds. The Morgan fingerprint density at radius 3 is 1.97 bits per heavy atom. The van der Waals surface area contributed by atoms with E-state index < -0.39 is 0 Å². The molecule has 4 nitrogen and oxygen atoms in total. The van der Waals surface area contributed by atoms with Gasteiger partial charge in [0.1, 0.15) is 24.0 Å². The van der Waals surface area contributed by atoms with Crippen molar-refractivity contribution in [3.8, 4) is 22.6 Å². The number of ether oxygens (including phenoxy) is 2. The van der Waals surface area contributed by atoms with E-state index in [1.807, 2.05) is 30.3 Å². The van der Waals surface area contributed by atoms with E-state index in [0.717, 1.165) is 22.6 Å². The van der Waals surface area contributed by atoms with Gasteiger partial charge in [0.2, 0.25) is 0 Å². The van der Waals surface area contributed by atoms with Crippen LogP contribution < -0.4 is 15.6 Å². The third kappa shape index (κ3) is 3.53. The molecule has 2 aliphatic heterocycles. The first-order chi connectivity index (χ1) is 16.1. The van der Waals surface area contributed by atoms with Crippen molar-refractivity contribution in [2.24, 2.45) is 0 Å². The topological polar surface area (TPSA) is 42.5 Å². The molecular formula is C29H26N2O2. The molecule has 0 spiro atoms. The summed E-state index contributed by atoms with van der Waals surface area (Å²) >= 11 is 0. The highest BCUT2D eigenvalue weighted by molar-refractivity contribution is 5.69. The fourth-order valence-electron chi connectivity index (χ4n) is 4.78. The van der Waals surface area contributed by atoms with Crippen LogP contribution >= 0.6 is 0 Å². The number of para-hydroxylation sites is 1. The summed E-state index contributed by atoms with van der Waals surface area (Å²) in [5, 5.41) is 0. The Hall–Kier alpha value is -3.44. The Labute approximate surface area is 194 Å². The van der Waals surface area contributed by atoms with Crippen LogP contribution in [0.2, 0.25) is 0 Å². The van der Waals surface area contributed by atoms with Crippen LogP contribution in [0.15, 0.2) is 97.1 Å². The minimum atomic E-state index is -0.198. The first-order valence-corrected chi connectivity index (χ1v) is 11.3. The van der Waals surface area contributed by atoms with Crippen molar-refractivity contribution in [2.75, 3.05) is 0 Å². The Morgan fingerprint density at radius 1 is 0.606 bits per heavy atom. The fourth-order valence-corrected chi connectivity index (χ4v) is 4.78. The Kier molecular flexibility index (Phi) is 4.80. The smallest absolute Gasteiger partial charge is 0.149 e. The van der Waals surface area contributed by atoms with E-state index in [1.165, 1.54) is 22.3 Å². The number of fused-ring (bicyclic) bond motifs is 2. The molecule has 2 heterocycles. The highest BCUT2D eigenvalue weighted by Crippen LogP contribution is 2.48. The number of benzene rings is 4. The first kappa shape index (κ1) is 20.2. The van der Waals surface area contributed by atoms with Gasteiger partial charge in [-0.05, 0) is 40.5 Å². The Bertz CT molecular complexity index is 1300. The highest BCUT2D eigenvalue weighted by Gasteiger charge is 2.34. The molecule has 0 aliphatic carbocycles. The second kappa shape index (κ2) is 7.85. The molecule has 1 fully saturated rings. The van der Waals surface area contributed by atoms with Gasteiger partial charge in [-0.1, -0.05) is 92.7 Å². The summed E-state index contributed by atoms with van der Waals surface area (Å²) in [4.78, 5) is 0. The van der Waals surface area contributed by atoms with E-state index in [9.17, 15) is 0 Å². The van der Waals surface area contributed by atoms with Crippen LogP contribution in [-0.2, 0) is 10.2 Å². The normalized spacial score (nSPS) is 20.5. The zero-order valence-electron chi connectivity index (χ0n) is 18.7. The van der Waals surface area contributed by atoms with Gasteiger partial charge in [0.15, 0.2) is 0 Å². The van der Waals surface area contributed by atoms with Gasteiger partial charge in [-0.15, -0.1) is 0 Å². The predicted octanol–water partition coefficient (Wildman–Crippen LogP) is 6.61. The van der Waals surface area contributed by atoms with Crippen LogP contribution in [0.5, 0.6) is 11.5 Å². The lowest BCUT2D eigenvalue weighted by Gasteiger charge is -2.34. The SMILES string of the molecule is CC1(C)c2ccccc2Oc2ccc(-c3ccc(C4NNC(c5ccccc5)O4)cc3)cc21. The van der Waals surface area contributed by atoms with E-state index in [0.29, 0.717) is 0 Å². The molecule has 0 aromatic heterocycles. The summed E-state index contributed by atoms with van der Waals surface area (Å²) in [6.07, 6.45) is -0.363. The van der Waals surface area contributed by atoms with Crippen LogP contribution in [0.4, 0.5) is 0 Å². The van der Waals surface area contributed by atoms with Crippen molar-refractivity contribution < 1.29 is 9.47 Å². The van der Waals surface area contributed by atoms with E-state index >= 15 is 0 Å². The molecule has 4 aromatic carbocycles. The molecule has 2 N–H and O–H groups in total. The van der Waals surface area contributed by atoms with Crippen molar-refractivity contribution >= 4 is 0 Å². The van der Waals surface area contributed by atoms with Gasteiger partial charge in [0.05, 0.1) is 0 Å². The van der Waals surface area contributed by atoms with Crippen LogP contribution in [0, 0.1) is 0 Å². The van der Waals surface area contributed by atoms with Gasteiger partial charge in [-0.2, -0.15) is 0 Å². The van der Waals surface area contributed by atoms with E-state index in [-0.39, 0.29) is 17.9 Å². The van der Waals surface area contributed by atoms with E-state index in [4.69, 9.17) is 9.47 Å². The summed E-state index contributed by atoms with van der Waals surface area (Å²) in [5.74, 6) is 1.87. The minimum Gasteiger partial charge on any atom is -0.457 e. The molecule has 6 rings (SSSR count). The van der Waals surface area contributed by atoms with Crippen LogP contribution in [0.3, 0.4) is 0 Å². The number of hydrazine groups is 1. The average Bonchev–Trinajstić information content (AvgIpc) is 3.35. The van der Waals surface area contributed by atoms with Crippen molar-refractivity contribution in [1.82, 2.24) is 10.9 Å². The average molecular weight is 435 g/mol. The third-order valence-corrected chi connectivity index (χ3v) is 6.70. The van der Waals surface area contributed by atoms with Crippen LogP contribution in [-0.4, -0.2) is 0 Å². The molecule has 1 saturated heterocycles. The fraction of sp³-hybridized carbons (Fsp3) is 0.172. The maximum absolute atomic E-state index is 6.21. The summed E-state index contributed by atoms with van der Waals surface area (Å²) < 4.78 is 12.4. The second-order valence-corrected chi connectivity index (χ2v) is 9.15. The molecular weight excluding hydrogens is 408 g/mol. The molecule has 4 heteroatoms. The van der Waals surface area contributed by atoms with Gasteiger partial charge < -0.3 is 9.47 Å². The van der Waals surface area contributed by atoms with E-state index in [2.05, 4.69) is 91.4 Å². The maximum atomic E-state index is 6.21. The third-order valence-electron chi connectivity index (χ3n) is 6.70. The lowest BCUT2D eigenvalue weighted by Crippen LogP contribution is -2.26. The summed E-state index contributed by atoms with van der Waals surface area (Å²) in [7, 11) is 0. The molecule has 2 atom stereocenters. The molecule has 2 aliphatic rings. The number of hydrogen-bond acceptors (Lipinski definition) is 4. The minimum absolute atomic E-state index is 0.125. The summed E-state index contributed by atoms with van der Waals surface area (Å²) in [5.41, 5.74) is 13.3. The Balaban J connectivity index is 1.25. The predicted molar refractivity (Wildman–Crippen MR) is 130 cm³/mol. The van der Waals surface area contributed by atoms with Gasteiger partial charge in [0, 0.05) is 16.5 Å². The first-order valence-electron chi connectivity index (χ1n) is 11.3. The monoisotopic (exact) mass is 434 g/mol. The van der Waals surface area contributed by atoms with E-state index in [1.54, 1.807) is 0 Å². The van der Waals surface area contributed by atoms with Crippen molar-refractivity contribution in [2.45, 2.75) is 31.7 Å². The lowest BCUT2D eigenvalue weighted by atomic mass is 9.75. The molecule has 33 heavy (non-hydrogen) atoms. The van der Waals surface area contributed by atoms with Crippen molar-refractivity contribution in [3.05, 3.63) is 119 Å². The van der Waals surface area contributed by atoms with Gasteiger partial charge in [-0.25, -0.2) is 10.9 Å². The van der Waals surface area contributed by atoms with Gasteiger partial charge in [0.25, 0.3) is 0 Å². The largest absolute Gasteiger partial charge is 0.457 e. The summed E-state index contributed by atoms with van der Waals surface area (Å²) in [6, 6.07) is 33.5. The van der Waals surface area contributed by atoms with Crippen molar-refractivity contribution in [1.29, 1.82) is 0 Å². The second-order valence-electron chi connectivity index (χ2n) is 9.15. The van der Waals surface area contributed by atoms with Crippen LogP contribution in [0.1, 0.15) is 48.6 Å². The molecule has 0 saturated carbocycles. The Morgan fingerprint density at radius 2 is 1.21 bits per heavy atom. The quantitative estimate of drug-likeness (QED) is 0.381. The number of nitrogens with one attached hydrogen (secondary N) is 2. The maximum Gasteiger partial charge on any atom is 0.149 e. The number of rotatable bonds is 3. The summed E-state index contributed by atoms with van der Waals surface area (Å²) in [6.45, 7) is 4.53. The molecule has 0 radical (unpaired) electrons. The lowest BCUT2D eigenvalue weighted by molar-refractivity contribution is 0.0341. The van der Waals surface area contributed by atoms with Gasteiger partial charge in [-0.3, -0.25) is 0 Å². The molecule has 0 bridgehead atoms. The molecule has 164 valence electrons. The highest BCUT2D eigenvalue weighted by atomic mass is 16.5. The van der Waals surface area contributed by atoms with Crippen molar-refractivity contribution in [3.63, 3.8) is 0 Å². The zero-order valence-corrected chi connectivity index (χ0v) is 18.7. The van der Waals surface area contributed by atoms with Gasteiger partial charge >= 0.3 is 0 Å². The standard InChI is InChI=1S/C29H26N2O2/c1-29(2)23-10-6-7-11-25(23)32-26-17-16-22(18-24(26)29)19-12-14-21(15-13-19)28-31-30-27(33-28)20-8-4-3-5-9-20/h3-18,27-28,30-31H,1-2H3. The van der Waals surface area contributed by atoms with Crippen LogP contribution in [0.25, 0.3) is 11.1 Å². The molecule has 4 aromatic rings. The molecule has 2 unspecified atom stereocenters. The zero-order chi connectivity index (χ0) is 22.4. The number of hydrogen-bond donors (Lipinski definition) is 2.